The van der Waals surface area contributed by atoms with Crippen LogP contribution in [-0.4, -0.2) is 43.9 Å². The molecule has 1 nitrogen and oxygen atoms in total. The van der Waals surface area contributed by atoms with Crippen LogP contribution < -0.4 is 0 Å². The van der Waals surface area contributed by atoms with Gasteiger partial charge in [-0.1, -0.05) is 0 Å². The predicted octanol–water partition coefficient (Wildman–Crippen LogP) is 5.49. The second-order valence-corrected chi connectivity index (χ2v) is 20.0. The molecule has 0 aromatic carbocycles. The number of rotatable bonds is 12. The van der Waals surface area contributed by atoms with Gasteiger partial charge in [-0.15, -0.1) is 0 Å². The van der Waals surface area contributed by atoms with Crippen LogP contribution in [0.25, 0.3) is 0 Å². The summed E-state index contributed by atoms with van der Waals surface area (Å²) in [6, 6.07) is 0. The van der Waals surface area contributed by atoms with Crippen LogP contribution in [0, 0.1) is 0 Å². The Balaban J connectivity index is 4.90. The molecule has 0 amide bonds. The summed E-state index contributed by atoms with van der Waals surface area (Å²) in [6.45, 7) is 12.7. The number of hydrogen-bond acceptors (Lipinski definition) is 1. The van der Waals surface area contributed by atoms with Gasteiger partial charge in [-0.05, 0) is 0 Å². The Hall–Kier alpha value is 0.499. The number of likely N-dealkylation sites (N-methyl/N-ethyl adjacent to an activating group) is 1. The first kappa shape index (κ1) is 19.5. The standard InChI is InChI=1S/C5H10N.3C4H9.Sn/c1-4-5-6(2)3;3*1-3-4-2;/h1,5H2,2-3H3;3*1,3-4H2,2H3;. The maximum atomic E-state index is 4.58. The quantitative estimate of drug-likeness (QED) is 0.408. The van der Waals surface area contributed by atoms with Gasteiger partial charge < -0.3 is 0 Å². The van der Waals surface area contributed by atoms with E-state index in [1.165, 1.54) is 38.5 Å². The third-order valence-corrected chi connectivity index (χ3v) is 20.2. The number of unbranched alkanes of at least 4 members (excludes halogenated alkanes) is 3. The van der Waals surface area contributed by atoms with Crippen molar-refractivity contribution in [3.05, 3.63) is 10.2 Å². The molecular weight excluding hydrogens is 337 g/mol. The van der Waals surface area contributed by atoms with Crippen LogP contribution in [0.15, 0.2) is 10.2 Å². The Labute approximate surface area is 126 Å². The van der Waals surface area contributed by atoms with Gasteiger partial charge in [0.25, 0.3) is 0 Å². The van der Waals surface area contributed by atoms with E-state index < -0.39 is 18.4 Å². The summed E-state index contributed by atoms with van der Waals surface area (Å²) in [7, 11) is 4.39. The zero-order valence-corrected chi connectivity index (χ0v) is 17.1. The van der Waals surface area contributed by atoms with Crippen LogP contribution in [0.1, 0.15) is 59.3 Å². The van der Waals surface area contributed by atoms with Gasteiger partial charge in [-0.3, -0.25) is 0 Å². The van der Waals surface area contributed by atoms with Crippen LogP contribution >= 0.6 is 0 Å². The van der Waals surface area contributed by atoms with Gasteiger partial charge >= 0.3 is 127 Å². The van der Waals surface area contributed by atoms with Crippen molar-refractivity contribution in [1.29, 1.82) is 0 Å². The fourth-order valence-electron chi connectivity index (χ4n) is 3.00. The van der Waals surface area contributed by atoms with E-state index in [0.717, 1.165) is 6.54 Å². The molecule has 0 rings (SSSR count). The van der Waals surface area contributed by atoms with Crippen molar-refractivity contribution in [3.8, 4) is 0 Å². The molecule has 0 atom stereocenters. The predicted molar refractivity (Wildman–Crippen MR) is 92.6 cm³/mol. The molecule has 0 aliphatic heterocycles. The molecule has 19 heavy (non-hydrogen) atoms. The zero-order chi connectivity index (χ0) is 14.7. The van der Waals surface area contributed by atoms with E-state index in [0.29, 0.717) is 0 Å². The van der Waals surface area contributed by atoms with Crippen LogP contribution in [0.5, 0.6) is 0 Å². The molecule has 0 radical (unpaired) electrons. The molecule has 0 aliphatic carbocycles. The van der Waals surface area contributed by atoms with Gasteiger partial charge in [0.2, 0.25) is 0 Å². The molecule has 0 spiro atoms. The fourth-order valence-corrected chi connectivity index (χ4v) is 18.8. The Kier molecular flexibility index (Phi) is 11.5. The minimum absolute atomic E-state index is 1.15. The number of nitrogens with zero attached hydrogens (tertiary/aromatic N) is 1. The molecule has 0 heterocycles. The molecule has 0 unspecified atom stereocenters. The monoisotopic (exact) mass is 375 g/mol. The van der Waals surface area contributed by atoms with Crippen molar-refractivity contribution in [2.75, 3.05) is 20.6 Å². The van der Waals surface area contributed by atoms with E-state index in [1.807, 2.05) is 0 Å². The molecule has 0 aliphatic rings. The summed E-state index contributed by atoms with van der Waals surface area (Å²) in [5.41, 5.74) is 0. The SMILES string of the molecule is C=[C](CN(C)C)[Sn]([CH2]CCC)([CH2]CCC)[CH2]CCC. The summed E-state index contributed by atoms with van der Waals surface area (Å²) >= 11 is -2.12. The Bertz CT molecular complexity index is 214. The average Bonchev–Trinajstić information content (AvgIpc) is 2.37. The van der Waals surface area contributed by atoms with Gasteiger partial charge in [0.1, 0.15) is 0 Å². The topological polar surface area (TPSA) is 3.24 Å². The first-order valence-electron chi connectivity index (χ1n) is 8.35. The average molecular weight is 374 g/mol. The molecule has 2 heteroatoms. The zero-order valence-electron chi connectivity index (χ0n) is 14.2. The Morgan fingerprint density at radius 1 is 0.842 bits per heavy atom. The fraction of sp³-hybridized carbons (Fsp3) is 0.882. The van der Waals surface area contributed by atoms with Crippen LogP contribution in [0.2, 0.25) is 13.3 Å². The normalized spacial score (nSPS) is 12.1. The maximum absolute atomic E-state index is 4.58. The van der Waals surface area contributed by atoms with Crippen LogP contribution in [0.4, 0.5) is 0 Å². The molecule has 0 fully saturated rings. The molecule has 0 saturated heterocycles. The Morgan fingerprint density at radius 3 is 1.47 bits per heavy atom. The summed E-state index contributed by atoms with van der Waals surface area (Å²) in [5.74, 6) is 0. The molecule has 0 saturated carbocycles. The molecule has 0 bridgehead atoms. The van der Waals surface area contributed by atoms with Crippen molar-refractivity contribution < 1.29 is 0 Å². The van der Waals surface area contributed by atoms with Crippen LogP contribution in [-0.2, 0) is 0 Å². The van der Waals surface area contributed by atoms with Crippen molar-refractivity contribution >= 4 is 18.4 Å². The second kappa shape index (κ2) is 11.2. The van der Waals surface area contributed by atoms with Crippen molar-refractivity contribution in [2.45, 2.75) is 72.6 Å². The van der Waals surface area contributed by atoms with Crippen LogP contribution in [0.3, 0.4) is 0 Å². The first-order valence-corrected chi connectivity index (χ1v) is 15.8. The van der Waals surface area contributed by atoms with Crippen molar-refractivity contribution in [2.24, 2.45) is 0 Å². The van der Waals surface area contributed by atoms with Gasteiger partial charge in [-0.25, -0.2) is 0 Å². The van der Waals surface area contributed by atoms with Gasteiger partial charge in [0.15, 0.2) is 0 Å². The molecule has 0 aromatic rings. The molecular formula is C17H37NSn. The van der Waals surface area contributed by atoms with Crippen molar-refractivity contribution in [1.82, 2.24) is 4.90 Å². The Morgan fingerprint density at radius 2 is 1.21 bits per heavy atom. The minimum atomic E-state index is -2.12. The van der Waals surface area contributed by atoms with Gasteiger partial charge in [0, 0.05) is 0 Å². The third-order valence-electron chi connectivity index (χ3n) is 4.28. The molecule has 114 valence electrons. The van der Waals surface area contributed by atoms with E-state index >= 15 is 0 Å². The van der Waals surface area contributed by atoms with E-state index in [4.69, 9.17) is 0 Å². The third kappa shape index (κ3) is 7.74. The first-order chi connectivity index (χ1) is 9.02. The van der Waals surface area contributed by atoms with Gasteiger partial charge in [0.05, 0.1) is 0 Å². The van der Waals surface area contributed by atoms with E-state index in [9.17, 15) is 0 Å². The van der Waals surface area contributed by atoms with E-state index in [2.05, 4.69) is 46.3 Å². The second-order valence-electron chi connectivity index (χ2n) is 6.43. The van der Waals surface area contributed by atoms with E-state index in [-0.39, 0.29) is 0 Å². The molecule has 0 aromatic heterocycles. The van der Waals surface area contributed by atoms with E-state index in [1.54, 1.807) is 16.9 Å². The molecule has 0 N–H and O–H groups in total. The summed E-state index contributed by atoms with van der Waals surface area (Å²) in [5, 5.41) is 0. The van der Waals surface area contributed by atoms with Gasteiger partial charge in [-0.2, -0.15) is 0 Å². The number of hydrogen-bond donors (Lipinski definition) is 0. The summed E-state index contributed by atoms with van der Waals surface area (Å²) in [4.78, 5) is 2.33. The van der Waals surface area contributed by atoms with Crippen molar-refractivity contribution in [3.63, 3.8) is 0 Å². The summed E-state index contributed by atoms with van der Waals surface area (Å²) in [6.07, 6.45) is 8.38. The summed E-state index contributed by atoms with van der Waals surface area (Å²) < 4.78 is 6.35.